The van der Waals surface area contributed by atoms with Crippen LogP contribution < -0.4 is 0 Å². The molecule has 3 heterocycles. The molecule has 1 amide bonds. The second kappa shape index (κ2) is 6.13. The quantitative estimate of drug-likeness (QED) is 0.925. The number of nitrogens with zero attached hydrogens (tertiary/aromatic N) is 3. The van der Waals surface area contributed by atoms with E-state index < -0.39 is 0 Å². The summed E-state index contributed by atoms with van der Waals surface area (Å²) in [6, 6.07) is 2.05. The summed E-state index contributed by atoms with van der Waals surface area (Å²) in [5, 5.41) is 0. The molecule has 1 N–H and O–H groups in total. The number of hydrogen-bond donors (Lipinski definition) is 1. The maximum atomic E-state index is 12.4. The largest absolute Gasteiger partial charge is 0.472 e. The van der Waals surface area contributed by atoms with E-state index in [9.17, 15) is 4.79 Å². The molecule has 1 fully saturated rings. The van der Waals surface area contributed by atoms with Crippen molar-refractivity contribution in [1.29, 1.82) is 0 Å². The predicted octanol–water partition coefficient (Wildman–Crippen LogP) is 1.45. The van der Waals surface area contributed by atoms with E-state index in [0.717, 1.165) is 30.9 Å². The fourth-order valence-corrected chi connectivity index (χ4v) is 2.70. The topological polar surface area (TPSA) is 65.4 Å². The summed E-state index contributed by atoms with van der Waals surface area (Å²) >= 11 is 0. The maximum Gasteiger partial charge on any atom is 0.223 e. The minimum Gasteiger partial charge on any atom is -0.472 e. The zero-order valence-electron chi connectivity index (χ0n) is 12.2. The number of aromatic amines is 1. The van der Waals surface area contributed by atoms with Crippen LogP contribution >= 0.6 is 0 Å². The molecule has 1 aliphatic heterocycles. The summed E-state index contributed by atoms with van der Waals surface area (Å²) < 4.78 is 5.03. The Morgan fingerprint density at radius 2 is 2.43 bits per heavy atom. The van der Waals surface area contributed by atoms with Crippen molar-refractivity contribution in [2.75, 3.05) is 26.7 Å². The van der Waals surface area contributed by atoms with E-state index >= 15 is 0 Å². The molecule has 0 radical (unpaired) electrons. The number of piperazine rings is 1. The van der Waals surface area contributed by atoms with Crippen molar-refractivity contribution in [2.45, 2.75) is 18.9 Å². The lowest BCUT2D eigenvalue weighted by molar-refractivity contribution is -0.134. The summed E-state index contributed by atoms with van der Waals surface area (Å²) in [4.78, 5) is 24.0. The number of carbonyl (C=O) groups is 1. The second-order valence-corrected chi connectivity index (χ2v) is 5.44. The number of amides is 1. The third kappa shape index (κ3) is 3.16. The Bertz CT molecular complexity index is 565. The van der Waals surface area contributed by atoms with Crippen molar-refractivity contribution < 1.29 is 9.21 Å². The minimum absolute atomic E-state index is 0.145. The van der Waals surface area contributed by atoms with Gasteiger partial charge < -0.3 is 14.3 Å². The van der Waals surface area contributed by atoms with E-state index in [2.05, 4.69) is 21.9 Å². The molecular formula is C15H20N4O2. The number of H-pyrrole nitrogens is 1. The van der Waals surface area contributed by atoms with Gasteiger partial charge in [-0.25, -0.2) is 4.98 Å². The fourth-order valence-electron chi connectivity index (χ4n) is 2.70. The Hall–Kier alpha value is -2.08. The smallest absolute Gasteiger partial charge is 0.223 e. The highest BCUT2D eigenvalue weighted by Crippen LogP contribution is 2.21. The van der Waals surface area contributed by atoms with E-state index in [1.807, 2.05) is 17.2 Å². The number of nitrogens with one attached hydrogen (secondary N) is 1. The Morgan fingerprint density at radius 3 is 3.14 bits per heavy atom. The van der Waals surface area contributed by atoms with Gasteiger partial charge in [-0.1, -0.05) is 0 Å². The third-order valence-electron chi connectivity index (χ3n) is 4.04. The highest BCUT2D eigenvalue weighted by molar-refractivity contribution is 5.76. The SMILES string of the molecule is CN1CCN(C(=O)CCc2ccoc2)CC1c1ncc[nH]1. The summed E-state index contributed by atoms with van der Waals surface area (Å²) in [6.07, 6.45) is 8.17. The molecule has 1 atom stereocenters. The van der Waals surface area contributed by atoms with Crippen molar-refractivity contribution in [3.63, 3.8) is 0 Å². The lowest BCUT2D eigenvalue weighted by Gasteiger charge is -2.38. The molecule has 1 aliphatic rings. The van der Waals surface area contributed by atoms with E-state index in [0.29, 0.717) is 13.0 Å². The third-order valence-corrected chi connectivity index (χ3v) is 4.04. The molecule has 0 aliphatic carbocycles. The molecule has 21 heavy (non-hydrogen) atoms. The molecule has 112 valence electrons. The zero-order valence-corrected chi connectivity index (χ0v) is 12.2. The van der Waals surface area contributed by atoms with Crippen LogP contribution in [0.1, 0.15) is 23.9 Å². The Balaban J connectivity index is 1.59. The molecule has 0 spiro atoms. The molecule has 3 rings (SSSR count). The number of aryl methyl sites for hydroxylation is 1. The zero-order chi connectivity index (χ0) is 14.7. The lowest BCUT2D eigenvalue weighted by Crippen LogP contribution is -2.49. The normalized spacial score (nSPS) is 19.9. The highest BCUT2D eigenvalue weighted by atomic mass is 16.3. The van der Waals surface area contributed by atoms with Gasteiger partial charge in [0.25, 0.3) is 0 Å². The summed E-state index contributed by atoms with van der Waals surface area (Å²) in [7, 11) is 2.07. The first kappa shape index (κ1) is 13.9. The Morgan fingerprint density at radius 1 is 1.52 bits per heavy atom. The van der Waals surface area contributed by atoms with Crippen LogP contribution in [0.3, 0.4) is 0 Å². The first-order chi connectivity index (χ1) is 10.2. The Labute approximate surface area is 123 Å². The van der Waals surface area contributed by atoms with Gasteiger partial charge in [-0.2, -0.15) is 0 Å². The second-order valence-electron chi connectivity index (χ2n) is 5.44. The van der Waals surface area contributed by atoms with Crippen LogP contribution in [0.2, 0.25) is 0 Å². The van der Waals surface area contributed by atoms with E-state index in [-0.39, 0.29) is 11.9 Å². The monoisotopic (exact) mass is 288 g/mol. The molecule has 0 saturated carbocycles. The van der Waals surface area contributed by atoms with Gasteiger partial charge in [0.1, 0.15) is 5.82 Å². The van der Waals surface area contributed by atoms with Gasteiger partial charge in [-0.3, -0.25) is 9.69 Å². The lowest BCUT2D eigenvalue weighted by atomic mass is 10.1. The first-order valence-corrected chi connectivity index (χ1v) is 7.22. The van der Waals surface area contributed by atoms with Crippen molar-refractivity contribution in [3.05, 3.63) is 42.4 Å². The standard InChI is InChI=1S/C15H20N4O2/c1-18-7-8-19(10-13(18)15-16-5-6-17-15)14(20)3-2-12-4-9-21-11-12/h4-6,9,11,13H,2-3,7-8,10H2,1H3,(H,16,17). The van der Waals surface area contributed by atoms with Crippen molar-refractivity contribution in [1.82, 2.24) is 19.8 Å². The van der Waals surface area contributed by atoms with Crippen LogP contribution in [0.4, 0.5) is 0 Å². The van der Waals surface area contributed by atoms with Crippen LogP contribution in [0.25, 0.3) is 0 Å². The number of aromatic nitrogens is 2. The number of imidazole rings is 1. The molecule has 1 unspecified atom stereocenters. The van der Waals surface area contributed by atoms with Crippen molar-refractivity contribution >= 4 is 5.91 Å². The molecule has 6 nitrogen and oxygen atoms in total. The van der Waals surface area contributed by atoms with Gasteiger partial charge >= 0.3 is 0 Å². The minimum atomic E-state index is 0.145. The molecule has 1 saturated heterocycles. The number of likely N-dealkylation sites (N-methyl/N-ethyl adjacent to an activating group) is 1. The molecule has 6 heteroatoms. The van der Waals surface area contributed by atoms with Crippen molar-refractivity contribution in [3.8, 4) is 0 Å². The van der Waals surface area contributed by atoms with Crippen molar-refractivity contribution in [2.24, 2.45) is 0 Å². The number of rotatable bonds is 4. The average Bonchev–Trinajstić information content (AvgIpc) is 3.18. The molecule has 2 aromatic rings. The van der Waals surface area contributed by atoms with Gasteiger partial charge in [-0.15, -0.1) is 0 Å². The summed E-state index contributed by atoms with van der Waals surface area (Å²) in [5.41, 5.74) is 1.07. The van der Waals surface area contributed by atoms with Crippen LogP contribution in [0.5, 0.6) is 0 Å². The molecule has 0 bridgehead atoms. The maximum absolute atomic E-state index is 12.4. The number of hydrogen-bond acceptors (Lipinski definition) is 4. The fraction of sp³-hybridized carbons (Fsp3) is 0.467. The molecule has 2 aromatic heterocycles. The Kier molecular flexibility index (Phi) is 4.06. The predicted molar refractivity (Wildman–Crippen MR) is 77.6 cm³/mol. The summed E-state index contributed by atoms with van der Waals surface area (Å²) in [5.74, 6) is 1.12. The molecular weight excluding hydrogens is 268 g/mol. The van der Waals surface area contributed by atoms with Gasteiger partial charge in [0.2, 0.25) is 5.91 Å². The number of furan rings is 1. The van der Waals surface area contributed by atoms with E-state index in [1.54, 1.807) is 18.7 Å². The van der Waals surface area contributed by atoms with E-state index in [1.165, 1.54) is 0 Å². The van der Waals surface area contributed by atoms with Crippen LogP contribution in [0, 0.1) is 0 Å². The van der Waals surface area contributed by atoms with Gasteiger partial charge in [0, 0.05) is 38.4 Å². The van der Waals surface area contributed by atoms with Crippen LogP contribution in [-0.4, -0.2) is 52.4 Å². The van der Waals surface area contributed by atoms with Gasteiger partial charge in [0.15, 0.2) is 0 Å². The molecule has 0 aromatic carbocycles. The van der Waals surface area contributed by atoms with Gasteiger partial charge in [0.05, 0.1) is 18.6 Å². The average molecular weight is 288 g/mol. The number of carbonyl (C=O) groups excluding carboxylic acids is 1. The van der Waals surface area contributed by atoms with Crippen LogP contribution in [0.15, 0.2) is 35.4 Å². The van der Waals surface area contributed by atoms with E-state index in [4.69, 9.17) is 4.42 Å². The summed E-state index contributed by atoms with van der Waals surface area (Å²) in [6.45, 7) is 2.33. The first-order valence-electron chi connectivity index (χ1n) is 7.22. The van der Waals surface area contributed by atoms with Gasteiger partial charge in [-0.05, 0) is 25.1 Å². The highest BCUT2D eigenvalue weighted by Gasteiger charge is 2.29. The van der Waals surface area contributed by atoms with Crippen LogP contribution in [-0.2, 0) is 11.2 Å².